The fraction of sp³-hybridized carbons (Fsp3) is 0.474. The first-order chi connectivity index (χ1) is 12.5. The Morgan fingerprint density at radius 3 is 2.35 bits per heavy atom. The largest absolute Gasteiger partial charge is 0.369 e. The van der Waals surface area contributed by atoms with Crippen LogP contribution in [0, 0.1) is 5.82 Å². The summed E-state index contributed by atoms with van der Waals surface area (Å²) in [5.41, 5.74) is 1.02. The van der Waals surface area contributed by atoms with Crippen molar-refractivity contribution in [3.05, 3.63) is 42.3 Å². The van der Waals surface area contributed by atoms with Gasteiger partial charge < -0.3 is 10.2 Å². The van der Waals surface area contributed by atoms with Crippen LogP contribution in [0.4, 0.5) is 15.9 Å². The number of hydrogen-bond acceptors (Lipinski definition) is 4. The summed E-state index contributed by atoms with van der Waals surface area (Å²) >= 11 is 0. The Bertz CT molecular complexity index is 735. The molecular weight excluding hydrogens is 333 g/mol. The van der Waals surface area contributed by atoms with Gasteiger partial charge in [-0.05, 0) is 45.0 Å². The third-order valence-corrected chi connectivity index (χ3v) is 4.84. The van der Waals surface area contributed by atoms with Gasteiger partial charge in [0.2, 0.25) is 5.91 Å². The van der Waals surface area contributed by atoms with Crippen LogP contribution in [0.25, 0.3) is 0 Å². The fourth-order valence-electron chi connectivity index (χ4n) is 3.24. The maximum atomic E-state index is 13.1. The zero-order chi connectivity index (χ0) is 18.7. The van der Waals surface area contributed by atoms with Gasteiger partial charge in [-0.3, -0.25) is 9.69 Å². The minimum Gasteiger partial charge on any atom is -0.369 e. The number of anilines is 2. The van der Waals surface area contributed by atoms with E-state index in [1.54, 1.807) is 23.0 Å². The lowest BCUT2D eigenvalue weighted by Crippen LogP contribution is -2.53. The van der Waals surface area contributed by atoms with Crippen LogP contribution in [0.1, 0.15) is 26.8 Å². The Hall–Kier alpha value is -2.41. The van der Waals surface area contributed by atoms with Crippen molar-refractivity contribution >= 4 is 17.4 Å². The lowest BCUT2D eigenvalue weighted by Gasteiger charge is -2.38. The van der Waals surface area contributed by atoms with E-state index >= 15 is 0 Å². The van der Waals surface area contributed by atoms with Crippen molar-refractivity contribution < 1.29 is 9.18 Å². The number of halogens is 1. The predicted molar refractivity (Wildman–Crippen MR) is 101 cm³/mol. The fourth-order valence-corrected chi connectivity index (χ4v) is 3.24. The molecule has 1 aliphatic rings. The number of benzene rings is 1. The number of aromatic nitrogens is 2. The summed E-state index contributed by atoms with van der Waals surface area (Å²) in [6.45, 7) is 9.19. The standard InChI is InChI=1S/C19H26FN5O/c1-14(2)25-18(8-9-21-25)22-19(26)15(3)23-10-12-24(13-11-23)17-6-4-16(20)5-7-17/h4-9,14-15H,10-13H2,1-3H3,(H,22,26). The van der Waals surface area contributed by atoms with E-state index in [4.69, 9.17) is 0 Å². The lowest BCUT2D eigenvalue weighted by molar-refractivity contribution is -0.120. The molecule has 1 unspecified atom stereocenters. The number of carbonyl (C=O) groups is 1. The smallest absolute Gasteiger partial charge is 0.242 e. The van der Waals surface area contributed by atoms with Crippen LogP contribution in [0.15, 0.2) is 36.5 Å². The topological polar surface area (TPSA) is 53.4 Å². The van der Waals surface area contributed by atoms with Gasteiger partial charge in [-0.2, -0.15) is 5.10 Å². The SMILES string of the molecule is CC(C(=O)Nc1ccnn1C(C)C)N1CCN(c2ccc(F)cc2)CC1. The van der Waals surface area contributed by atoms with Gasteiger partial charge in [0.05, 0.1) is 12.2 Å². The summed E-state index contributed by atoms with van der Waals surface area (Å²) in [7, 11) is 0. The van der Waals surface area contributed by atoms with Crippen molar-refractivity contribution in [2.75, 3.05) is 36.4 Å². The van der Waals surface area contributed by atoms with Gasteiger partial charge in [-0.1, -0.05) is 0 Å². The van der Waals surface area contributed by atoms with E-state index in [1.807, 2.05) is 26.8 Å². The third-order valence-electron chi connectivity index (χ3n) is 4.84. The van der Waals surface area contributed by atoms with E-state index in [-0.39, 0.29) is 23.8 Å². The highest BCUT2D eigenvalue weighted by Gasteiger charge is 2.26. The Labute approximate surface area is 153 Å². The molecule has 26 heavy (non-hydrogen) atoms. The molecule has 1 N–H and O–H groups in total. The van der Waals surface area contributed by atoms with Crippen LogP contribution < -0.4 is 10.2 Å². The van der Waals surface area contributed by atoms with Crippen LogP contribution in [0.3, 0.4) is 0 Å². The Morgan fingerprint density at radius 1 is 1.08 bits per heavy atom. The van der Waals surface area contributed by atoms with Crippen molar-refractivity contribution in [3.8, 4) is 0 Å². The second kappa shape index (κ2) is 7.86. The first kappa shape index (κ1) is 18.4. The summed E-state index contributed by atoms with van der Waals surface area (Å²) in [6.07, 6.45) is 1.70. The number of rotatable bonds is 5. The number of nitrogens with one attached hydrogen (secondary N) is 1. The second-order valence-corrected chi connectivity index (χ2v) is 6.92. The molecule has 0 saturated carbocycles. The molecular formula is C19H26FN5O. The first-order valence-electron chi connectivity index (χ1n) is 9.04. The van der Waals surface area contributed by atoms with Crippen LogP contribution in [0.5, 0.6) is 0 Å². The number of amides is 1. The molecule has 1 aromatic carbocycles. The van der Waals surface area contributed by atoms with E-state index in [2.05, 4.69) is 20.2 Å². The molecule has 2 aromatic rings. The zero-order valence-electron chi connectivity index (χ0n) is 15.5. The number of hydrogen-bond donors (Lipinski definition) is 1. The second-order valence-electron chi connectivity index (χ2n) is 6.92. The third kappa shape index (κ3) is 4.04. The number of nitrogens with zero attached hydrogens (tertiary/aromatic N) is 4. The molecule has 1 amide bonds. The highest BCUT2D eigenvalue weighted by Crippen LogP contribution is 2.19. The summed E-state index contributed by atoms with van der Waals surface area (Å²) in [4.78, 5) is 17.0. The molecule has 0 bridgehead atoms. The van der Waals surface area contributed by atoms with Gasteiger partial charge in [0.15, 0.2) is 0 Å². The molecule has 0 radical (unpaired) electrons. The number of piperazine rings is 1. The molecule has 140 valence electrons. The molecule has 3 rings (SSSR count). The first-order valence-corrected chi connectivity index (χ1v) is 9.04. The monoisotopic (exact) mass is 359 g/mol. The highest BCUT2D eigenvalue weighted by molar-refractivity contribution is 5.93. The Kier molecular flexibility index (Phi) is 5.56. The zero-order valence-corrected chi connectivity index (χ0v) is 15.5. The van der Waals surface area contributed by atoms with E-state index in [1.165, 1.54) is 12.1 Å². The molecule has 1 aliphatic heterocycles. The van der Waals surface area contributed by atoms with Crippen molar-refractivity contribution in [1.82, 2.24) is 14.7 Å². The van der Waals surface area contributed by atoms with Gasteiger partial charge in [0.1, 0.15) is 11.6 Å². The molecule has 6 nitrogen and oxygen atoms in total. The van der Waals surface area contributed by atoms with Crippen LogP contribution in [0.2, 0.25) is 0 Å². The summed E-state index contributed by atoms with van der Waals surface area (Å²) in [5, 5.41) is 7.23. The lowest BCUT2D eigenvalue weighted by atomic mass is 10.2. The summed E-state index contributed by atoms with van der Waals surface area (Å²) in [6, 6.07) is 8.35. The van der Waals surface area contributed by atoms with Gasteiger partial charge in [0, 0.05) is 44.0 Å². The average molecular weight is 359 g/mol. The molecule has 1 atom stereocenters. The summed E-state index contributed by atoms with van der Waals surface area (Å²) < 4.78 is 14.9. The Balaban J connectivity index is 1.56. The quantitative estimate of drug-likeness (QED) is 0.892. The van der Waals surface area contributed by atoms with Crippen molar-refractivity contribution in [2.24, 2.45) is 0 Å². The maximum absolute atomic E-state index is 13.1. The van der Waals surface area contributed by atoms with Crippen molar-refractivity contribution in [1.29, 1.82) is 0 Å². The minimum absolute atomic E-state index is 0.0253. The minimum atomic E-state index is -0.224. The molecule has 1 fully saturated rings. The van der Waals surface area contributed by atoms with E-state index in [9.17, 15) is 9.18 Å². The molecule has 2 heterocycles. The van der Waals surface area contributed by atoms with E-state index < -0.39 is 0 Å². The van der Waals surface area contributed by atoms with Crippen LogP contribution >= 0.6 is 0 Å². The van der Waals surface area contributed by atoms with Crippen LogP contribution in [-0.4, -0.2) is 52.8 Å². The predicted octanol–water partition coefficient (Wildman–Crippen LogP) is 2.75. The maximum Gasteiger partial charge on any atom is 0.242 e. The van der Waals surface area contributed by atoms with E-state index in [0.717, 1.165) is 37.7 Å². The average Bonchev–Trinajstić information content (AvgIpc) is 3.10. The molecule has 0 spiro atoms. The Morgan fingerprint density at radius 2 is 1.73 bits per heavy atom. The normalized spacial score (nSPS) is 16.7. The van der Waals surface area contributed by atoms with Gasteiger partial charge in [-0.25, -0.2) is 9.07 Å². The molecule has 0 aliphatic carbocycles. The molecule has 1 aromatic heterocycles. The van der Waals surface area contributed by atoms with Crippen molar-refractivity contribution in [2.45, 2.75) is 32.9 Å². The molecule has 1 saturated heterocycles. The van der Waals surface area contributed by atoms with Gasteiger partial charge >= 0.3 is 0 Å². The van der Waals surface area contributed by atoms with Crippen LogP contribution in [-0.2, 0) is 4.79 Å². The highest BCUT2D eigenvalue weighted by atomic mass is 19.1. The number of carbonyl (C=O) groups excluding carboxylic acids is 1. The summed E-state index contributed by atoms with van der Waals surface area (Å²) in [5.74, 6) is 0.475. The molecule has 7 heteroatoms. The van der Waals surface area contributed by atoms with E-state index in [0.29, 0.717) is 0 Å². The van der Waals surface area contributed by atoms with Gasteiger partial charge in [0.25, 0.3) is 0 Å². The van der Waals surface area contributed by atoms with Gasteiger partial charge in [-0.15, -0.1) is 0 Å². The van der Waals surface area contributed by atoms with Crippen molar-refractivity contribution in [3.63, 3.8) is 0 Å².